The molecule has 0 bridgehead atoms. The molecule has 5 heteroatoms. The van der Waals surface area contributed by atoms with E-state index >= 15 is 0 Å². The number of nitrogens with zero attached hydrogens (tertiary/aromatic N) is 3. The predicted molar refractivity (Wildman–Crippen MR) is 77.6 cm³/mol. The molecule has 1 atom stereocenters. The van der Waals surface area contributed by atoms with Crippen LogP contribution in [0.15, 0.2) is 30.3 Å². The quantitative estimate of drug-likeness (QED) is 0.893. The van der Waals surface area contributed by atoms with Crippen LogP contribution >= 0.6 is 0 Å². The molecule has 2 aromatic rings. The number of hydrogen-bond acceptors (Lipinski definition) is 5. The van der Waals surface area contributed by atoms with Gasteiger partial charge in [0.2, 0.25) is 0 Å². The number of anilines is 1. The van der Waals surface area contributed by atoms with Gasteiger partial charge >= 0.3 is 0 Å². The third-order valence-corrected chi connectivity index (χ3v) is 3.06. The molecule has 0 amide bonds. The van der Waals surface area contributed by atoms with Gasteiger partial charge in [0, 0.05) is 26.1 Å². The highest BCUT2D eigenvalue weighted by Crippen LogP contribution is 2.21. The monoisotopic (exact) mass is 271 g/mol. The smallest absolute Gasteiger partial charge is 0.130 e. The van der Waals surface area contributed by atoms with Gasteiger partial charge in [0.1, 0.15) is 5.82 Å². The van der Waals surface area contributed by atoms with E-state index < -0.39 is 6.10 Å². The maximum atomic E-state index is 9.76. The first-order chi connectivity index (χ1) is 9.65. The molecule has 0 aliphatic carbocycles. The lowest BCUT2D eigenvalue weighted by atomic mass is 10.1. The van der Waals surface area contributed by atoms with E-state index in [-0.39, 0.29) is 6.61 Å². The van der Waals surface area contributed by atoms with Gasteiger partial charge in [-0.05, 0) is 12.1 Å². The van der Waals surface area contributed by atoms with Crippen molar-refractivity contribution < 1.29 is 9.84 Å². The Morgan fingerprint density at radius 3 is 2.90 bits per heavy atom. The number of hydrogen-bond donors (Lipinski definition) is 1. The second-order valence-corrected chi connectivity index (χ2v) is 4.65. The molecule has 0 spiro atoms. The Balaban J connectivity index is 2.33. The SMILES string of the molecule is COCC(O)CN(C)c1cc(C#N)c2ccccc2n1. The summed E-state index contributed by atoms with van der Waals surface area (Å²) in [4.78, 5) is 6.34. The van der Waals surface area contributed by atoms with Crippen LogP contribution in [0.25, 0.3) is 10.9 Å². The van der Waals surface area contributed by atoms with Crippen molar-refractivity contribution in [2.75, 3.05) is 32.2 Å². The van der Waals surface area contributed by atoms with E-state index in [4.69, 9.17) is 4.74 Å². The third-order valence-electron chi connectivity index (χ3n) is 3.06. The minimum absolute atomic E-state index is 0.267. The number of likely N-dealkylation sites (N-methyl/N-ethyl adjacent to an activating group) is 1. The Morgan fingerprint density at radius 2 is 2.20 bits per heavy atom. The first-order valence-corrected chi connectivity index (χ1v) is 6.33. The molecule has 1 unspecified atom stereocenters. The average molecular weight is 271 g/mol. The molecule has 2 rings (SSSR count). The Labute approximate surface area is 118 Å². The zero-order valence-corrected chi connectivity index (χ0v) is 11.6. The van der Waals surface area contributed by atoms with E-state index in [2.05, 4.69) is 11.1 Å². The van der Waals surface area contributed by atoms with Crippen LogP contribution in [-0.2, 0) is 4.74 Å². The lowest BCUT2D eigenvalue weighted by Crippen LogP contribution is -2.32. The highest BCUT2D eigenvalue weighted by atomic mass is 16.5. The van der Waals surface area contributed by atoms with E-state index in [1.54, 1.807) is 13.2 Å². The number of aromatic nitrogens is 1. The van der Waals surface area contributed by atoms with Crippen molar-refractivity contribution in [1.82, 2.24) is 4.98 Å². The number of methoxy groups -OCH3 is 1. The lowest BCUT2D eigenvalue weighted by molar-refractivity contribution is 0.0694. The molecular weight excluding hydrogens is 254 g/mol. The van der Waals surface area contributed by atoms with Crippen LogP contribution < -0.4 is 4.90 Å². The van der Waals surface area contributed by atoms with Gasteiger partial charge < -0.3 is 14.7 Å². The summed E-state index contributed by atoms with van der Waals surface area (Å²) in [6, 6.07) is 11.5. The molecular formula is C15H17N3O2. The van der Waals surface area contributed by atoms with Crippen molar-refractivity contribution in [2.24, 2.45) is 0 Å². The van der Waals surface area contributed by atoms with Crippen molar-refractivity contribution in [2.45, 2.75) is 6.10 Å². The second kappa shape index (κ2) is 6.33. The van der Waals surface area contributed by atoms with Crippen LogP contribution in [0.1, 0.15) is 5.56 Å². The zero-order chi connectivity index (χ0) is 14.5. The minimum Gasteiger partial charge on any atom is -0.389 e. The topological polar surface area (TPSA) is 69.4 Å². The standard InChI is InChI=1S/C15H17N3O2/c1-18(9-12(19)10-20-2)15-7-11(8-16)13-5-3-4-6-14(13)17-15/h3-7,12,19H,9-10H2,1-2H3. The summed E-state index contributed by atoms with van der Waals surface area (Å²) >= 11 is 0. The number of para-hydroxylation sites is 1. The Kier molecular flexibility index (Phi) is 4.51. The van der Waals surface area contributed by atoms with Gasteiger partial charge in [0.05, 0.1) is 29.9 Å². The van der Waals surface area contributed by atoms with Crippen molar-refractivity contribution in [1.29, 1.82) is 5.26 Å². The number of aliphatic hydroxyl groups excluding tert-OH is 1. The molecule has 5 nitrogen and oxygen atoms in total. The van der Waals surface area contributed by atoms with Gasteiger partial charge in [-0.25, -0.2) is 4.98 Å². The van der Waals surface area contributed by atoms with Crippen molar-refractivity contribution >= 4 is 16.7 Å². The maximum Gasteiger partial charge on any atom is 0.130 e. The second-order valence-electron chi connectivity index (χ2n) is 4.65. The number of ether oxygens (including phenoxy) is 1. The summed E-state index contributed by atoms with van der Waals surface area (Å²) in [7, 11) is 3.38. The first-order valence-electron chi connectivity index (χ1n) is 6.33. The Bertz CT molecular complexity index is 637. The molecule has 0 saturated heterocycles. The fraction of sp³-hybridized carbons (Fsp3) is 0.333. The number of aliphatic hydroxyl groups is 1. The van der Waals surface area contributed by atoms with E-state index in [0.717, 1.165) is 10.9 Å². The highest BCUT2D eigenvalue weighted by Gasteiger charge is 2.12. The number of nitriles is 1. The molecule has 0 radical (unpaired) electrons. The molecule has 0 aliphatic heterocycles. The molecule has 0 saturated carbocycles. The van der Waals surface area contributed by atoms with Crippen molar-refractivity contribution in [3.63, 3.8) is 0 Å². The summed E-state index contributed by atoms with van der Waals surface area (Å²) in [5.41, 5.74) is 1.35. The highest BCUT2D eigenvalue weighted by molar-refractivity contribution is 5.86. The molecule has 0 aliphatic rings. The fourth-order valence-electron chi connectivity index (χ4n) is 2.10. The van der Waals surface area contributed by atoms with E-state index in [1.807, 2.05) is 36.2 Å². The summed E-state index contributed by atoms with van der Waals surface area (Å²) in [6.45, 7) is 0.660. The van der Waals surface area contributed by atoms with Crippen LogP contribution in [0, 0.1) is 11.3 Å². The summed E-state index contributed by atoms with van der Waals surface area (Å²) in [5, 5.41) is 19.8. The van der Waals surface area contributed by atoms with Gasteiger partial charge in [0.25, 0.3) is 0 Å². The van der Waals surface area contributed by atoms with Crippen molar-refractivity contribution in [3.05, 3.63) is 35.9 Å². The van der Waals surface area contributed by atoms with Crippen LogP contribution in [-0.4, -0.2) is 43.5 Å². The molecule has 1 aromatic carbocycles. The van der Waals surface area contributed by atoms with Gasteiger partial charge in [-0.2, -0.15) is 5.26 Å². The van der Waals surface area contributed by atoms with E-state index in [0.29, 0.717) is 17.9 Å². The minimum atomic E-state index is -0.594. The summed E-state index contributed by atoms with van der Waals surface area (Å²) in [5.74, 6) is 0.662. The predicted octanol–water partition coefficient (Wildman–Crippen LogP) is 1.55. The number of fused-ring (bicyclic) bond motifs is 1. The Morgan fingerprint density at radius 1 is 1.45 bits per heavy atom. The fourth-order valence-corrected chi connectivity index (χ4v) is 2.10. The van der Waals surface area contributed by atoms with Gasteiger partial charge in [-0.1, -0.05) is 18.2 Å². The molecule has 1 N–H and O–H groups in total. The lowest BCUT2D eigenvalue weighted by Gasteiger charge is -2.22. The number of pyridine rings is 1. The Hall–Kier alpha value is -2.16. The number of rotatable bonds is 5. The molecule has 104 valence electrons. The summed E-state index contributed by atoms with van der Waals surface area (Å²) in [6.07, 6.45) is -0.594. The van der Waals surface area contributed by atoms with Crippen LogP contribution in [0.3, 0.4) is 0 Å². The first kappa shape index (κ1) is 14.3. The molecule has 1 aromatic heterocycles. The van der Waals surface area contributed by atoms with Crippen LogP contribution in [0.4, 0.5) is 5.82 Å². The summed E-state index contributed by atoms with van der Waals surface area (Å²) < 4.78 is 4.91. The van der Waals surface area contributed by atoms with E-state index in [9.17, 15) is 10.4 Å². The van der Waals surface area contributed by atoms with Crippen LogP contribution in [0.5, 0.6) is 0 Å². The van der Waals surface area contributed by atoms with Gasteiger partial charge in [0.15, 0.2) is 0 Å². The zero-order valence-electron chi connectivity index (χ0n) is 11.6. The molecule has 1 heterocycles. The van der Waals surface area contributed by atoms with E-state index in [1.165, 1.54) is 0 Å². The maximum absolute atomic E-state index is 9.76. The number of benzene rings is 1. The average Bonchev–Trinajstić information content (AvgIpc) is 2.46. The third kappa shape index (κ3) is 3.05. The van der Waals surface area contributed by atoms with Crippen molar-refractivity contribution in [3.8, 4) is 6.07 Å². The normalized spacial score (nSPS) is 12.1. The van der Waals surface area contributed by atoms with Gasteiger partial charge in [-0.15, -0.1) is 0 Å². The largest absolute Gasteiger partial charge is 0.389 e. The molecule has 20 heavy (non-hydrogen) atoms. The molecule has 0 fully saturated rings. The van der Waals surface area contributed by atoms with Crippen LogP contribution in [0.2, 0.25) is 0 Å². The van der Waals surface area contributed by atoms with Gasteiger partial charge in [-0.3, -0.25) is 0 Å².